The minimum atomic E-state index is -0.542. The molecule has 3 N–H and O–H groups in total. The molecule has 1 atom stereocenters. The van der Waals surface area contributed by atoms with Gasteiger partial charge in [-0.3, -0.25) is 4.79 Å². The minimum absolute atomic E-state index is 0.0398. The number of likely N-dealkylation sites (N-methyl/N-ethyl adjacent to an activating group) is 1. The number of hydrogen-bond donors (Lipinski definition) is 3. The number of nitrogens with zero attached hydrogens (tertiary/aromatic N) is 1. The maximum Gasteiger partial charge on any atom is 0.319 e. The van der Waals surface area contributed by atoms with Gasteiger partial charge in [0.2, 0.25) is 5.91 Å². The Hall–Kier alpha value is -2.08. The molecular formula is C14H21N3O3. The van der Waals surface area contributed by atoms with Gasteiger partial charge in [-0.05, 0) is 31.5 Å². The summed E-state index contributed by atoms with van der Waals surface area (Å²) in [5.41, 5.74) is 1.37. The van der Waals surface area contributed by atoms with Gasteiger partial charge in [0.1, 0.15) is 0 Å². The summed E-state index contributed by atoms with van der Waals surface area (Å²) in [6.07, 6.45) is -0.542. The van der Waals surface area contributed by atoms with E-state index in [-0.39, 0.29) is 12.5 Å². The molecule has 0 saturated heterocycles. The zero-order valence-electron chi connectivity index (χ0n) is 12.0. The van der Waals surface area contributed by atoms with Crippen molar-refractivity contribution in [3.63, 3.8) is 0 Å². The molecular weight excluding hydrogens is 258 g/mol. The molecule has 1 aromatic rings. The van der Waals surface area contributed by atoms with Gasteiger partial charge < -0.3 is 20.6 Å². The van der Waals surface area contributed by atoms with Crippen LogP contribution in [0.2, 0.25) is 0 Å². The van der Waals surface area contributed by atoms with E-state index in [1.54, 1.807) is 38.2 Å². The van der Waals surface area contributed by atoms with E-state index in [1.165, 1.54) is 4.90 Å². The van der Waals surface area contributed by atoms with Gasteiger partial charge in [-0.25, -0.2) is 4.79 Å². The van der Waals surface area contributed by atoms with Crippen LogP contribution in [0.15, 0.2) is 24.3 Å². The Morgan fingerprint density at radius 2 is 1.90 bits per heavy atom. The van der Waals surface area contributed by atoms with Gasteiger partial charge in [-0.2, -0.15) is 0 Å². The molecule has 0 heterocycles. The van der Waals surface area contributed by atoms with E-state index in [4.69, 9.17) is 0 Å². The standard InChI is InChI=1S/C14H21N3O3/c1-4-17(3)13(19)9-15-14(20)16-12-7-5-11(6-8-12)10(2)18/h5-8,10,18H,4,9H2,1-3H3,(H2,15,16,20). The van der Waals surface area contributed by atoms with Gasteiger partial charge in [-0.1, -0.05) is 12.1 Å². The highest BCUT2D eigenvalue weighted by Gasteiger charge is 2.09. The van der Waals surface area contributed by atoms with Crippen LogP contribution in [0.1, 0.15) is 25.5 Å². The van der Waals surface area contributed by atoms with Crippen molar-refractivity contribution in [1.29, 1.82) is 0 Å². The lowest BCUT2D eigenvalue weighted by molar-refractivity contribution is -0.128. The van der Waals surface area contributed by atoms with Crippen LogP contribution in [-0.2, 0) is 4.79 Å². The zero-order valence-corrected chi connectivity index (χ0v) is 12.0. The molecule has 0 aliphatic heterocycles. The maximum atomic E-state index is 11.6. The largest absolute Gasteiger partial charge is 0.389 e. The molecule has 0 bridgehead atoms. The van der Waals surface area contributed by atoms with Crippen LogP contribution in [0.3, 0.4) is 0 Å². The molecule has 20 heavy (non-hydrogen) atoms. The van der Waals surface area contributed by atoms with Crippen LogP contribution in [0.5, 0.6) is 0 Å². The highest BCUT2D eigenvalue weighted by molar-refractivity contribution is 5.92. The topological polar surface area (TPSA) is 81.7 Å². The predicted molar refractivity (Wildman–Crippen MR) is 77.4 cm³/mol. The first-order chi connectivity index (χ1) is 9.43. The van der Waals surface area contributed by atoms with Crippen LogP contribution in [0, 0.1) is 0 Å². The molecule has 0 fully saturated rings. The molecule has 0 spiro atoms. The lowest BCUT2D eigenvalue weighted by atomic mass is 10.1. The fourth-order valence-electron chi connectivity index (χ4n) is 1.49. The number of hydrogen-bond acceptors (Lipinski definition) is 3. The lowest BCUT2D eigenvalue weighted by Crippen LogP contribution is -2.39. The van der Waals surface area contributed by atoms with Gasteiger partial charge in [0, 0.05) is 19.3 Å². The molecule has 1 rings (SSSR count). The summed E-state index contributed by atoms with van der Waals surface area (Å²) in [6.45, 7) is 4.09. The smallest absolute Gasteiger partial charge is 0.319 e. The number of benzene rings is 1. The van der Waals surface area contributed by atoms with Crippen molar-refractivity contribution in [2.75, 3.05) is 25.5 Å². The number of urea groups is 1. The number of aliphatic hydroxyl groups is 1. The van der Waals surface area contributed by atoms with Crippen molar-refractivity contribution in [3.8, 4) is 0 Å². The summed E-state index contributed by atoms with van der Waals surface area (Å²) in [5, 5.41) is 14.5. The van der Waals surface area contributed by atoms with E-state index in [9.17, 15) is 14.7 Å². The van der Waals surface area contributed by atoms with Crippen molar-refractivity contribution >= 4 is 17.6 Å². The summed E-state index contributed by atoms with van der Waals surface area (Å²) < 4.78 is 0. The first-order valence-corrected chi connectivity index (χ1v) is 6.51. The van der Waals surface area contributed by atoms with Crippen molar-refractivity contribution in [3.05, 3.63) is 29.8 Å². The number of anilines is 1. The van der Waals surface area contributed by atoms with Gasteiger partial charge in [0.25, 0.3) is 0 Å². The second-order valence-corrected chi connectivity index (χ2v) is 4.51. The fourth-order valence-corrected chi connectivity index (χ4v) is 1.49. The molecule has 6 heteroatoms. The van der Waals surface area contributed by atoms with Crippen LogP contribution in [-0.4, -0.2) is 42.1 Å². The average Bonchev–Trinajstić information content (AvgIpc) is 2.44. The molecule has 3 amide bonds. The summed E-state index contributed by atoms with van der Waals surface area (Å²) in [6, 6.07) is 6.42. The van der Waals surface area contributed by atoms with Crippen molar-refractivity contribution in [2.45, 2.75) is 20.0 Å². The molecule has 0 radical (unpaired) electrons. The summed E-state index contributed by atoms with van der Waals surface area (Å²) >= 11 is 0. The Labute approximate surface area is 118 Å². The van der Waals surface area contributed by atoms with Crippen molar-refractivity contribution in [2.24, 2.45) is 0 Å². The minimum Gasteiger partial charge on any atom is -0.389 e. The summed E-state index contributed by atoms with van der Waals surface area (Å²) in [5.74, 6) is -0.146. The quantitative estimate of drug-likeness (QED) is 0.760. The zero-order chi connectivity index (χ0) is 15.1. The van der Waals surface area contributed by atoms with Crippen LogP contribution < -0.4 is 10.6 Å². The molecule has 0 saturated carbocycles. The third-order valence-electron chi connectivity index (χ3n) is 2.95. The Balaban J connectivity index is 2.44. The first-order valence-electron chi connectivity index (χ1n) is 6.51. The lowest BCUT2D eigenvalue weighted by Gasteiger charge is -2.15. The predicted octanol–water partition coefficient (Wildman–Crippen LogP) is 1.34. The average molecular weight is 279 g/mol. The number of amides is 3. The molecule has 110 valence electrons. The molecule has 0 aliphatic rings. The van der Waals surface area contributed by atoms with E-state index >= 15 is 0 Å². The Bertz CT molecular complexity index is 457. The second kappa shape index (κ2) is 7.49. The van der Waals surface area contributed by atoms with Crippen molar-refractivity contribution < 1.29 is 14.7 Å². The van der Waals surface area contributed by atoms with E-state index in [0.29, 0.717) is 12.2 Å². The van der Waals surface area contributed by atoms with Crippen molar-refractivity contribution in [1.82, 2.24) is 10.2 Å². The maximum absolute atomic E-state index is 11.6. The monoisotopic (exact) mass is 279 g/mol. The number of nitrogens with one attached hydrogen (secondary N) is 2. The molecule has 1 unspecified atom stereocenters. The van der Waals surface area contributed by atoms with E-state index in [1.807, 2.05) is 6.92 Å². The second-order valence-electron chi connectivity index (χ2n) is 4.51. The third-order valence-corrected chi connectivity index (χ3v) is 2.95. The fraction of sp³-hybridized carbons (Fsp3) is 0.429. The third kappa shape index (κ3) is 4.89. The van der Waals surface area contributed by atoms with Gasteiger partial charge in [0.15, 0.2) is 0 Å². The Morgan fingerprint density at radius 1 is 1.30 bits per heavy atom. The van der Waals surface area contributed by atoms with E-state index in [2.05, 4.69) is 10.6 Å². The summed E-state index contributed by atoms with van der Waals surface area (Å²) in [4.78, 5) is 24.6. The molecule has 0 aromatic heterocycles. The van der Waals surface area contributed by atoms with E-state index < -0.39 is 12.1 Å². The first kappa shape index (κ1) is 16.0. The van der Waals surface area contributed by atoms with Gasteiger partial charge >= 0.3 is 6.03 Å². The Morgan fingerprint density at radius 3 is 2.40 bits per heavy atom. The highest BCUT2D eigenvalue weighted by Crippen LogP contribution is 2.15. The number of rotatable bonds is 5. The highest BCUT2D eigenvalue weighted by atomic mass is 16.3. The number of carbonyl (C=O) groups excluding carboxylic acids is 2. The SMILES string of the molecule is CCN(C)C(=O)CNC(=O)Nc1ccc(C(C)O)cc1. The normalized spacial score (nSPS) is 11.6. The van der Waals surface area contributed by atoms with Gasteiger partial charge in [0.05, 0.1) is 12.6 Å². The molecule has 0 aliphatic carbocycles. The van der Waals surface area contributed by atoms with Crippen LogP contribution in [0.4, 0.5) is 10.5 Å². The molecule has 1 aromatic carbocycles. The Kier molecular flexibility index (Phi) is 5.99. The number of carbonyl (C=O) groups is 2. The van der Waals surface area contributed by atoms with E-state index in [0.717, 1.165) is 5.56 Å². The van der Waals surface area contributed by atoms with Crippen LogP contribution >= 0.6 is 0 Å². The van der Waals surface area contributed by atoms with Crippen LogP contribution in [0.25, 0.3) is 0 Å². The summed E-state index contributed by atoms with van der Waals surface area (Å²) in [7, 11) is 1.68. The van der Waals surface area contributed by atoms with Gasteiger partial charge in [-0.15, -0.1) is 0 Å². The molecule has 6 nitrogen and oxygen atoms in total. The number of aliphatic hydroxyl groups excluding tert-OH is 1.